The quantitative estimate of drug-likeness (QED) is 0.436. The number of benzene rings is 3. The van der Waals surface area contributed by atoms with Gasteiger partial charge in [0.05, 0.1) is 11.6 Å². The highest BCUT2D eigenvalue weighted by Gasteiger charge is 2.08. The van der Waals surface area contributed by atoms with Gasteiger partial charge in [0.25, 0.3) is 5.91 Å². The molecule has 1 amide bonds. The lowest BCUT2D eigenvalue weighted by Crippen LogP contribution is -2.20. The van der Waals surface area contributed by atoms with Crippen LogP contribution < -0.4 is 20.1 Å². The number of anilines is 2. The van der Waals surface area contributed by atoms with Crippen molar-refractivity contribution in [2.45, 2.75) is 6.54 Å². The van der Waals surface area contributed by atoms with E-state index in [0.717, 1.165) is 21.5 Å². The number of carbonyl (C=O) groups excluding carboxylic acids is 1. The molecular formula is C22H20BrClN2O3. The topological polar surface area (TPSA) is 59.6 Å². The van der Waals surface area contributed by atoms with Gasteiger partial charge in [-0.1, -0.05) is 17.7 Å². The first-order valence-electron chi connectivity index (χ1n) is 8.88. The molecule has 29 heavy (non-hydrogen) atoms. The normalized spacial score (nSPS) is 10.3. The first-order valence-corrected chi connectivity index (χ1v) is 10.0. The van der Waals surface area contributed by atoms with Gasteiger partial charge in [0.2, 0.25) is 0 Å². The van der Waals surface area contributed by atoms with E-state index in [4.69, 9.17) is 21.1 Å². The maximum Gasteiger partial charge on any atom is 0.262 e. The highest BCUT2D eigenvalue weighted by atomic mass is 79.9. The monoisotopic (exact) mass is 474 g/mol. The van der Waals surface area contributed by atoms with Crippen LogP contribution in [-0.2, 0) is 11.3 Å². The van der Waals surface area contributed by atoms with Gasteiger partial charge in [-0.25, -0.2) is 0 Å². The predicted octanol–water partition coefficient (Wildman–Crippen LogP) is 5.74. The number of halogens is 2. The van der Waals surface area contributed by atoms with Gasteiger partial charge in [-0.3, -0.25) is 4.79 Å². The Bertz CT molecular complexity index is 963. The molecule has 0 aromatic heterocycles. The fourth-order valence-corrected chi connectivity index (χ4v) is 3.22. The van der Waals surface area contributed by atoms with Crippen molar-refractivity contribution in [3.05, 3.63) is 81.8 Å². The van der Waals surface area contributed by atoms with Crippen molar-refractivity contribution < 1.29 is 14.3 Å². The summed E-state index contributed by atoms with van der Waals surface area (Å²) in [6, 6.07) is 20.4. The van der Waals surface area contributed by atoms with E-state index in [1.54, 1.807) is 31.4 Å². The summed E-state index contributed by atoms with van der Waals surface area (Å²) in [6.45, 7) is 0.561. The van der Waals surface area contributed by atoms with Crippen molar-refractivity contribution in [3.8, 4) is 11.5 Å². The molecule has 0 fully saturated rings. The number of rotatable bonds is 8. The van der Waals surface area contributed by atoms with E-state index in [2.05, 4.69) is 26.6 Å². The first kappa shape index (κ1) is 21.0. The molecule has 2 N–H and O–H groups in total. The molecule has 0 heterocycles. The van der Waals surface area contributed by atoms with Gasteiger partial charge in [0, 0.05) is 22.9 Å². The number of methoxy groups -OCH3 is 1. The summed E-state index contributed by atoms with van der Waals surface area (Å²) in [4.78, 5) is 12.1. The lowest BCUT2D eigenvalue weighted by atomic mass is 10.2. The zero-order valence-electron chi connectivity index (χ0n) is 15.7. The molecule has 0 bridgehead atoms. The average molecular weight is 476 g/mol. The molecule has 0 spiro atoms. The second kappa shape index (κ2) is 10.2. The predicted molar refractivity (Wildman–Crippen MR) is 120 cm³/mol. The summed E-state index contributed by atoms with van der Waals surface area (Å²) in [7, 11) is 1.60. The van der Waals surface area contributed by atoms with Crippen molar-refractivity contribution in [3.63, 3.8) is 0 Å². The van der Waals surface area contributed by atoms with E-state index in [1.807, 2.05) is 42.5 Å². The minimum atomic E-state index is -0.240. The molecule has 3 rings (SSSR count). The molecule has 0 radical (unpaired) electrons. The van der Waals surface area contributed by atoms with Crippen LogP contribution in [0.15, 0.2) is 71.2 Å². The Kier molecular flexibility index (Phi) is 7.38. The molecule has 0 saturated carbocycles. The largest absolute Gasteiger partial charge is 0.497 e. The fourth-order valence-electron chi connectivity index (χ4n) is 2.56. The number of hydrogen-bond donors (Lipinski definition) is 2. The highest BCUT2D eigenvalue weighted by Crippen LogP contribution is 2.26. The second-order valence-corrected chi connectivity index (χ2v) is 7.48. The van der Waals surface area contributed by atoms with Crippen LogP contribution in [0.1, 0.15) is 5.56 Å². The van der Waals surface area contributed by atoms with Gasteiger partial charge < -0.3 is 20.1 Å². The maximum absolute atomic E-state index is 12.1. The van der Waals surface area contributed by atoms with E-state index >= 15 is 0 Å². The van der Waals surface area contributed by atoms with Crippen molar-refractivity contribution in [1.82, 2.24) is 0 Å². The number of nitrogens with one attached hydrogen (secondary N) is 2. The summed E-state index contributed by atoms with van der Waals surface area (Å²) in [5.74, 6) is 1.09. The number of ether oxygens (including phenoxy) is 2. The van der Waals surface area contributed by atoms with Gasteiger partial charge >= 0.3 is 0 Å². The molecule has 3 aromatic carbocycles. The maximum atomic E-state index is 12.1. The van der Waals surface area contributed by atoms with Crippen LogP contribution >= 0.6 is 27.5 Å². The van der Waals surface area contributed by atoms with E-state index in [0.29, 0.717) is 23.0 Å². The molecular weight excluding hydrogens is 456 g/mol. The number of carbonyl (C=O) groups is 1. The lowest BCUT2D eigenvalue weighted by molar-refractivity contribution is -0.118. The Morgan fingerprint density at radius 1 is 1.00 bits per heavy atom. The number of amides is 1. The zero-order chi connectivity index (χ0) is 20.6. The van der Waals surface area contributed by atoms with Crippen LogP contribution in [-0.4, -0.2) is 19.6 Å². The van der Waals surface area contributed by atoms with Crippen molar-refractivity contribution in [1.29, 1.82) is 0 Å². The first-order chi connectivity index (χ1) is 14.0. The van der Waals surface area contributed by atoms with Gasteiger partial charge in [-0.2, -0.15) is 0 Å². The molecule has 0 aliphatic heterocycles. The Morgan fingerprint density at radius 2 is 1.69 bits per heavy atom. The standard InChI is InChI=1S/C22H20BrClN2O3/c1-28-19-9-7-18(8-10-19)26-22(27)14-29-21-11-2-15(12-20(21)23)13-25-17-5-3-16(24)4-6-17/h2-12,25H,13-14H2,1H3,(H,26,27). The molecule has 0 aliphatic carbocycles. The summed E-state index contributed by atoms with van der Waals surface area (Å²) >= 11 is 9.40. The minimum absolute atomic E-state index is 0.0903. The van der Waals surface area contributed by atoms with E-state index in [-0.39, 0.29) is 12.5 Å². The smallest absolute Gasteiger partial charge is 0.262 e. The lowest BCUT2D eigenvalue weighted by Gasteiger charge is -2.11. The van der Waals surface area contributed by atoms with Crippen LogP contribution in [0.5, 0.6) is 11.5 Å². The Hall–Kier alpha value is -2.70. The van der Waals surface area contributed by atoms with E-state index in [9.17, 15) is 4.79 Å². The molecule has 7 heteroatoms. The Balaban J connectivity index is 1.50. The third-order valence-corrected chi connectivity index (χ3v) is 4.94. The fraction of sp³-hybridized carbons (Fsp3) is 0.136. The van der Waals surface area contributed by atoms with Crippen LogP contribution in [0.4, 0.5) is 11.4 Å². The third kappa shape index (κ3) is 6.41. The van der Waals surface area contributed by atoms with Crippen molar-refractivity contribution in [2.75, 3.05) is 24.4 Å². The summed E-state index contributed by atoms with van der Waals surface area (Å²) in [5, 5.41) is 6.81. The van der Waals surface area contributed by atoms with Gasteiger partial charge in [0.1, 0.15) is 11.5 Å². The van der Waals surface area contributed by atoms with Crippen LogP contribution in [0.2, 0.25) is 5.02 Å². The van der Waals surface area contributed by atoms with Crippen molar-refractivity contribution >= 4 is 44.8 Å². The molecule has 3 aromatic rings. The number of hydrogen-bond acceptors (Lipinski definition) is 4. The van der Waals surface area contributed by atoms with Crippen LogP contribution in [0.25, 0.3) is 0 Å². The molecule has 0 saturated heterocycles. The zero-order valence-corrected chi connectivity index (χ0v) is 18.1. The van der Waals surface area contributed by atoms with E-state index < -0.39 is 0 Å². The summed E-state index contributed by atoms with van der Waals surface area (Å²) in [6.07, 6.45) is 0. The summed E-state index contributed by atoms with van der Waals surface area (Å²) in [5.41, 5.74) is 2.74. The van der Waals surface area contributed by atoms with Gasteiger partial charge in [0.15, 0.2) is 6.61 Å². The van der Waals surface area contributed by atoms with Gasteiger partial charge in [-0.15, -0.1) is 0 Å². The van der Waals surface area contributed by atoms with Crippen LogP contribution in [0, 0.1) is 0 Å². The Labute approximate surface area is 183 Å². The van der Waals surface area contributed by atoms with Crippen LogP contribution in [0.3, 0.4) is 0 Å². The Morgan fingerprint density at radius 3 is 2.34 bits per heavy atom. The average Bonchev–Trinajstić information content (AvgIpc) is 2.73. The SMILES string of the molecule is COc1ccc(NC(=O)COc2ccc(CNc3ccc(Cl)cc3)cc2Br)cc1. The van der Waals surface area contributed by atoms with Crippen molar-refractivity contribution in [2.24, 2.45) is 0 Å². The highest BCUT2D eigenvalue weighted by molar-refractivity contribution is 9.10. The minimum Gasteiger partial charge on any atom is -0.497 e. The van der Waals surface area contributed by atoms with E-state index in [1.165, 1.54) is 0 Å². The molecule has 5 nitrogen and oxygen atoms in total. The third-order valence-electron chi connectivity index (χ3n) is 4.07. The second-order valence-electron chi connectivity index (χ2n) is 6.19. The summed E-state index contributed by atoms with van der Waals surface area (Å²) < 4.78 is 11.5. The molecule has 0 unspecified atom stereocenters. The molecule has 0 aliphatic rings. The molecule has 0 atom stereocenters. The molecule has 150 valence electrons. The van der Waals surface area contributed by atoms with Gasteiger partial charge in [-0.05, 0) is 82.2 Å².